The van der Waals surface area contributed by atoms with Gasteiger partial charge in [0.2, 0.25) is 5.89 Å². The third-order valence-electron chi connectivity index (χ3n) is 6.93. The Balaban J connectivity index is 1.48. The number of aromatic nitrogens is 3. The predicted octanol–water partition coefficient (Wildman–Crippen LogP) is 6.73. The van der Waals surface area contributed by atoms with Gasteiger partial charge in [-0.15, -0.1) is 0 Å². The molecule has 180 valence electrons. The number of oxazole rings is 1. The second kappa shape index (κ2) is 10.5. The van der Waals surface area contributed by atoms with Gasteiger partial charge in [0.1, 0.15) is 18.1 Å². The first-order valence-corrected chi connectivity index (χ1v) is 12.3. The smallest absolute Gasteiger partial charge is 0.221 e. The highest BCUT2D eigenvalue weighted by Crippen LogP contribution is 2.33. The van der Waals surface area contributed by atoms with Crippen molar-refractivity contribution >= 4 is 11.4 Å². The number of ketones is 1. The molecule has 2 atom stereocenters. The van der Waals surface area contributed by atoms with Crippen molar-refractivity contribution in [3.05, 3.63) is 65.3 Å². The fraction of sp³-hybridized carbons (Fsp3) is 0.464. The van der Waals surface area contributed by atoms with E-state index in [4.69, 9.17) is 9.52 Å². The van der Waals surface area contributed by atoms with Gasteiger partial charge in [0, 0.05) is 22.7 Å². The molecule has 2 aromatic heterocycles. The molecule has 0 fully saturated rings. The van der Waals surface area contributed by atoms with Gasteiger partial charge in [0.05, 0.1) is 11.9 Å². The summed E-state index contributed by atoms with van der Waals surface area (Å²) in [4.78, 5) is 17.7. The van der Waals surface area contributed by atoms with Crippen LogP contribution in [0.5, 0.6) is 0 Å². The number of hydrogen-bond donors (Lipinski definition) is 0. The minimum Gasteiger partial charge on any atom is -0.442 e. The molecule has 0 saturated carbocycles. The Hall–Kier alpha value is -3.02. The average molecular weight is 464 g/mol. The van der Waals surface area contributed by atoms with Crippen molar-refractivity contribution < 1.29 is 13.6 Å². The number of carbonyl (C=O) groups excluding carboxylic acids is 1. The molecule has 6 heteroatoms. The van der Waals surface area contributed by atoms with Gasteiger partial charge in [0.15, 0.2) is 5.78 Å². The Morgan fingerprint density at radius 3 is 2.82 bits per heavy atom. The largest absolute Gasteiger partial charge is 0.442 e. The lowest BCUT2D eigenvalue weighted by Crippen LogP contribution is -2.25. The maximum Gasteiger partial charge on any atom is 0.221 e. The summed E-state index contributed by atoms with van der Waals surface area (Å²) >= 11 is 0. The molecule has 1 aliphatic carbocycles. The summed E-state index contributed by atoms with van der Waals surface area (Å²) in [5.41, 5.74) is 4.44. The summed E-state index contributed by atoms with van der Waals surface area (Å²) < 4.78 is 21.3. The third kappa shape index (κ3) is 5.37. The first kappa shape index (κ1) is 24.1. The Morgan fingerprint density at radius 1 is 1.29 bits per heavy atom. The molecular formula is C28H34FN3O2. The van der Waals surface area contributed by atoms with E-state index in [1.165, 1.54) is 6.07 Å². The van der Waals surface area contributed by atoms with Gasteiger partial charge in [-0.25, -0.2) is 9.37 Å². The number of rotatable bonds is 8. The number of Topliss-reactive ketones (excluding diaryl/α,β-unsaturated/α-hetero) is 1. The lowest BCUT2D eigenvalue weighted by atomic mass is 9.85. The number of aryl methyl sites for hydroxylation is 3. The van der Waals surface area contributed by atoms with Crippen LogP contribution in [0.4, 0.5) is 4.39 Å². The van der Waals surface area contributed by atoms with Gasteiger partial charge >= 0.3 is 0 Å². The third-order valence-corrected chi connectivity index (χ3v) is 6.93. The van der Waals surface area contributed by atoms with Crippen LogP contribution in [0, 0.1) is 31.5 Å². The Morgan fingerprint density at radius 2 is 2.12 bits per heavy atom. The molecule has 4 rings (SSSR count). The summed E-state index contributed by atoms with van der Waals surface area (Å²) in [6, 6.07) is 7.07. The number of allylic oxidation sites excluding steroid dienone is 2. The van der Waals surface area contributed by atoms with Gasteiger partial charge in [-0.1, -0.05) is 26.3 Å². The number of nitrogens with zero attached hydrogens (tertiary/aromatic N) is 3. The maximum atomic E-state index is 13.7. The van der Waals surface area contributed by atoms with E-state index in [0.29, 0.717) is 17.4 Å². The summed E-state index contributed by atoms with van der Waals surface area (Å²) in [5.74, 6) is 1.75. The van der Waals surface area contributed by atoms with Gasteiger partial charge in [-0.2, -0.15) is 5.10 Å². The fourth-order valence-corrected chi connectivity index (χ4v) is 4.77. The SMILES string of the molecule is CCCc1cc(-c2ccc(F)c(C)c2)nn1CC(=O)C(C)C1CC=C(c2ncc(C)o2)CCC1. The van der Waals surface area contributed by atoms with Crippen LogP contribution < -0.4 is 0 Å². The van der Waals surface area contributed by atoms with Gasteiger partial charge in [-0.05, 0) is 81.7 Å². The number of benzene rings is 1. The zero-order valence-electron chi connectivity index (χ0n) is 20.6. The summed E-state index contributed by atoms with van der Waals surface area (Å²) in [7, 11) is 0. The first-order valence-electron chi connectivity index (χ1n) is 12.3. The van der Waals surface area contributed by atoms with Crippen LogP contribution in [0.2, 0.25) is 0 Å². The van der Waals surface area contributed by atoms with E-state index in [9.17, 15) is 9.18 Å². The van der Waals surface area contributed by atoms with E-state index in [1.54, 1.807) is 19.2 Å². The van der Waals surface area contributed by atoms with Gasteiger partial charge in [0.25, 0.3) is 0 Å². The van der Waals surface area contributed by atoms with Crippen LogP contribution in [0.3, 0.4) is 0 Å². The van der Waals surface area contributed by atoms with Crippen molar-refractivity contribution in [3.63, 3.8) is 0 Å². The molecule has 1 aromatic carbocycles. The second-order valence-corrected chi connectivity index (χ2v) is 9.54. The highest BCUT2D eigenvalue weighted by atomic mass is 19.1. The Labute approximate surface area is 201 Å². The van der Waals surface area contributed by atoms with Crippen LogP contribution in [0.15, 0.2) is 41.0 Å². The van der Waals surface area contributed by atoms with Crippen LogP contribution in [0.25, 0.3) is 16.8 Å². The highest BCUT2D eigenvalue weighted by Gasteiger charge is 2.26. The number of hydrogen-bond acceptors (Lipinski definition) is 4. The lowest BCUT2D eigenvalue weighted by molar-refractivity contribution is -0.124. The van der Waals surface area contributed by atoms with Crippen molar-refractivity contribution in [2.45, 2.75) is 72.8 Å². The van der Waals surface area contributed by atoms with Crippen molar-refractivity contribution in [3.8, 4) is 11.3 Å². The van der Waals surface area contributed by atoms with Gasteiger partial charge < -0.3 is 4.42 Å². The Kier molecular flexibility index (Phi) is 7.44. The van der Waals surface area contributed by atoms with Crippen molar-refractivity contribution in [1.82, 2.24) is 14.8 Å². The van der Waals surface area contributed by atoms with Crippen molar-refractivity contribution in [2.75, 3.05) is 0 Å². The average Bonchev–Trinajstić information content (AvgIpc) is 3.33. The zero-order chi connectivity index (χ0) is 24.2. The summed E-state index contributed by atoms with van der Waals surface area (Å²) in [6.45, 7) is 8.09. The molecule has 0 N–H and O–H groups in total. The molecule has 2 unspecified atom stereocenters. The molecule has 0 aliphatic heterocycles. The van der Waals surface area contributed by atoms with Crippen LogP contribution in [-0.4, -0.2) is 20.5 Å². The lowest BCUT2D eigenvalue weighted by Gasteiger charge is -2.21. The summed E-state index contributed by atoms with van der Waals surface area (Å²) in [5, 5.41) is 4.75. The minimum absolute atomic E-state index is 0.0583. The molecule has 0 radical (unpaired) electrons. The van der Waals surface area contributed by atoms with Crippen LogP contribution in [-0.2, 0) is 17.8 Å². The number of carbonyl (C=O) groups is 1. The van der Waals surface area contributed by atoms with E-state index in [2.05, 4.69) is 18.0 Å². The van der Waals surface area contributed by atoms with Crippen molar-refractivity contribution in [2.24, 2.45) is 11.8 Å². The van der Waals surface area contributed by atoms with Crippen LogP contribution in [0.1, 0.15) is 68.9 Å². The maximum absolute atomic E-state index is 13.7. The molecule has 0 amide bonds. The Bertz CT molecular complexity index is 1190. The first-order chi connectivity index (χ1) is 16.4. The zero-order valence-corrected chi connectivity index (χ0v) is 20.6. The fourth-order valence-electron chi connectivity index (χ4n) is 4.77. The molecule has 2 heterocycles. The second-order valence-electron chi connectivity index (χ2n) is 9.54. The van der Waals surface area contributed by atoms with E-state index >= 15 is 0 Å². The summed E-state index contributed by atoms with van der Waals surface area (Å²) in [6.07, 6.45) is 9.58. The van der Waals surface area contributed by atoms with E-state index in [1.807, 2.05) is 30.7 Å². The molecule has 0 saturated heterocycles. The molecule has 0 spiro atoms. The number of halogens is 1. The molecule has 5 nitrogen and oxygen atoms in total. The highest BCUT2D eigenvalue weighted by molar-refractivity contribution is 5.81. The molecule has 3 aromatic rings. The van der Waals surface area contributed by atoms with Crippen molar-refractivity contribution in [1.29, 1.82) is 0 Å². The van der Waals surface area contributed by atoms with Crippen LogP contribution >= 0.6 is 0 Å². The molecule has 34 heavy (non-hydrogen) atoms. The molecular weight excluding hydrogens is 429 g/mol. The van der Waals surface area contributed by atoms with E-state index in [0.717, 1.165) is 66.8 Å². The quantitative estimate of drug-likeness (QED) is 0.372. The molecule has 1 aliphatic rings. The van der Waals surface area contributed by atoms with E-state index < -0.39 is 0 Å². The minimum atomic E-state index is -0.223. The monoisotopic (exact) mass is 463 g/mol. The standard InChI is InChI=1S/C28H34FN3O2/c1-5-7-24-15-26(23-12-13-25(29)18(2)14-23)31-32(24)17-27(33)20(4)21-8-6-9-22(11-10-21)28-30-16-19(3)34-28/h11-16,20-21H,5-10,17H2,1-4H3. The van der Waals surface area contributed by atoms with E-state index in [-0.39, 0.29) is 24.1 Å². The predicted molar refractivity (Wildman–Crippen MR) is 132 cm³/mol. The normalized spacial score (nSPS) is 17.3. The van der Waals surface area contributed by atoms with Gasteiger partial charge in [-0.3, -0.25) is 9.48 Å². The molecule has 0 bridgehead atoms. The topological polar surface area (TPSA) is 60.9 Å².